The number of fused-ring (bicyclic) bond motifs is 3. The van der Waals surface area contributed by atoms with E-state index < -0.39 is 0 Å². The van der Waals surface area contributed by atoms with Gasteiger partial charge >= 0.3 is 0 Å². The minimum Gasteiger partial charge on any atom is -0.294 e. The van der Waals surface area contributed by atoms with Gasteiger partial charge in [-0.2, -0.15) is 5.26 Å². The van der Waals surface area contributed by atoms with Crippen molar-refractivity contribution in [2.45, 2.75) is 0 Å². The topological polar surface area (TPSA) is 41.6 Å². The van der Waals surface area contributed by atoms with E-state index in [-0.39, 0.29) is 0 Å². The molecule has 0 aliphatic heterocycles. The van der Waals surface area contributed by atoms with Gasteiger partial charge in [0, 0.05) is 16.3 Å². The van der Waals surface area contributed by atoms with Gasteiger partial charge in [0.05, 0.1) is 28.4 Å². The number of hydrogen-bond donors (Lipinski definition) is 0. The van der Waals surface area contributed by atoms with E-state index in [1.165, 1.54) is 33.0 Å². The number of rotatable bonds is 4. The van der Waals surface area contributed by atoms with Crippen molar-refractivity contribution in [3.05, 3.63) is 145 Å². The summed E-state index contributed by atoms with van der Waals surface area (Å²) in [4.78, 5) is 5.08. The number of benzene rings is 5. The molecular weight excluding hydrogens is 474 g/mol. The molecule has 7 rings (SSSR count). The van der Waals surface area contributed by atoms with Gasteiger partial charge < -0.3 is 0 Å². The third kappa shape index (κ3) is 4.05. The Bertz CT molecular complexity index is 1900. The highest BCUT2D eigenvalue weighted by Crippen LogP contribution is 2.37. The first-order valence-electron chi connectivity index (χ1n) is 13.0. The summed E-state index contributed by atoms with van der Waals surface area (Å²) in [7, 11) is 0. The van der Waals surface area contributed by atoms with E-state index in [0.29, 0.717) is 5.56 Å². The smallest absolute Gasteiger partial charge is 0.138 e. The molecule has 2 aromatic heterocycles. The third-order valence-corrected chi connectivity index (χ3v) is 7.25. The van der Waals surface area contributed by atoms with Crippen LogP contribution in [-0.4, -0.2) is 9.55 Å². The standard InChI is InChI=1S/C36H23N3/c37-24-25-14-16-28(17-15-25)33-12-7-13-36(38-33)39-34-20-18-29(26-8-3-1-4-9-26)22-31(34)32-23-30(19-21-35(32)39)27-10-5-2-6-11-27/h1-23H. The average Bonchev–Trinajstić information content (AvgIpc) is 3.35. The van der Waals surface area contributed by atoms with Crippen LogP contribution < -0.4 is 0 Å². The summed E-state index contributed by atoms with van der Waals surface area (Å²) < 4.78 is 2.25. The predicted molar refractivity (Wildman–Crippen MR) is 160 cm³/mol. The van der Waals surface area contributed by atoms with Crippen molar-refractivity contribution in [3.63, 3.8) is 0 Å². The molecule has 0 radical (unpaired) electrons. The number of nitriles is 1. The summed E-state index contributed by atoms with van der Waals surface area (Å²) >= 11 is 0. The largest absolute Gasteiger partial charge is 0.294 e. The van der Waals surface area contributed by atoms with Gasteiger partial charge in [0.25, 0.3) is 0 Å². The van der Waals surface area contributed by atoms with Crippen molar-refractivity contribution in [1.29, 1.82) is 5.26 Å². The fraction of sp³-hybridized carbons (Fsp3) is 0. The molecule has 0 spiro atoms. The molecule has 2 heterocycles. The second-order valence-corrected chi connectivity index (χ2v) is 9.60. The van der Waals surface area contributed by atoms with Gasteiger partial charge in [0.1, 0.15) is 5.82 Å². The Morgan fingerprint density at radius 2 is 1.03 bits per heavy atom. The van der Waals surface area contributed by atoms with Gasteiger partial charge in [-0.15, -0.1) is 0 Å². The molecule has 3 heteroatoms. The quantitative estimate of drug-likeness (QED) is 0.243. The predicted octanol–water partition coefficient (Wildman–Crippen LogP) is 9.05. The van der Waals surface area contributed by atoms with Gasteiger partial charge in [-0.25, -0.2) is 4.98 Å². The van der Waals surface area contributed by atoms with Crippen molar-refractivity contribution < 1.29 is 0 Å². The minimum absolute atomic E-state index is 0.640. The molecule has 0 aliphatic carbocycles. The van der Waals surface area contributed by atoms with Crippen molar-refractivity contribution in [3.8, 4) is 45.4 Å². The monoisotopic (exact) mass is 497 g/mol. The van der Waals surface area contributed by atoms with E-state index in [9.17, 15) is 5.26 Å². The highest BCUT2D eigenvalue weighted by molar-refractivity contribution is 6.11. The molecule has 3 nitrogen and oxygen atoms in total. The van der Waals surface area contributed by atoms with Gasteiger partial charge in [0.2, 0.25) is 0 Å². The molecule has 0 atom stereocenters. The highest BCUT2D eigenvalue weighted by atomic mass is 15.1. The summed E-state index contributed by atoms with van der Waals surface area (Å²) in [6.45, 7) is 0. The highest BCUT2D eigenvalue weighted by Gasteiger charge is 2.16. The molecule has 7 aromatic rings. The van der Waals surface area contributed by atoms with Crippen LogP contribution in [0.3, 0.4) is 0 Å². The number of aromatic nitrogens is 2. The molecule has 0 bridgehead atoms. The molecule has 0 saturated heterocycles. The second-order valence-electron chi connectivity index (χ2n) is 9.60. The summed E-state index contributed by atoms with van der Waals surface area (Å²) in [5.74, 6) is 0.858. The SMILES string of the molecule is N#Cc1ccc(-c2cccc(-n3c4ccc(-c5ccccc5)cc4c4cc(-c5ccccc5)ccc43)n2)cc1. The molecule has 5 aromatic carbocycles. The molecule has 0 fully saturated rings. The molecule has 0 unspecified atom stereocenters. The maximum Gasteiger partial charge on any atom is 0.138 e. The van der Waals surface area contributed by atoms with E-state index in [1.807, 2.05) is 48.5 Å². The lowest BCUT2D eigenvalue weighted by atomic mass is 10.0. The molecule has 0 aliphatic rings. The Morgan fingerprint density at radius 1 is 0.487 bits per heavy atom. The normalized spacial score (nSPS) is 11.1. The van der Waals surface area contributed by atoms with Crippen LogP contribution in [0.5, 0.6) is 0 Å². The molecule has 0 saturated carbocycles. The van der Waals surface area contributed by atoms with E-state index in [4.69, 9.17) is 4.98 Å². The van der Waals surface area contributed by atoms with Crippen molar-refractivity contribution in [1.82, 2.24) is 9.55 Å². The fourth-order valence-corrected chi connectivity index (χ4v) is 5.31. The molecule has 0 N–H and O–H groups in total. The number of nitrogens with zero attached hydrogens (tertiary/aromatic N) is 3. The second kappa shape index (κ2) is 9.45. The number of pyridine rings is 1. The van der Waals surface area contributed by atoms with Crippen LogP contribution in [-0.2, 0) is 0 Å². The zero-order chi connectivity index (χ0) is 26.2. The number of hydrogen-bond acceptors (Lipinski definition) is 2. The van der Waals surface area contributed by atoms with E-state index in [0.717, 1.165) is 28.1 Å². The van der Waals surface area contributed by atoms with Crippen LogP contribution >= 0.6 is 0 Å². The van der Waals surface area contributed by atoms with E-state index in [1.54, 1.807) is 0 Å². The summed E-state index contributed by atoms with van der Waals surface area (Å²) in [5, 5.41) is 11.6. The zero-order valence-corrected chi connectivity index (χ0v) is 21.1. The van der Waals surface area contributed by atoms with Gasteiger partial charge in [-0.3, -0.25) is 4.57 Å². The first-order valence-corrected chi connectivity index (χ1v) is 13.0. The summed E-state index contributed by atoms with van der Waals surface area (Å²) in [5.41, 5.74) is 9.47. The first kappa shape index (κ1) is 22.7. The Labute approximate surface area is 226 Å². The maximum atomic E-state index is 9.18. The summed E-state index contributed by atoms with van der Waals surface area (Å²) in [6, 6.07) is 50.3. The Morgan fingerprint density at radius 3 is 1.56 bits per heavy atom. The Balaban J connectivity index is 1.46. The average molecular weight is 498 g/mol. The van der Waals surface area contributed by atoms with Crippen LogP contribution in [0, 0.1) is 11.3 Å². The molecular formula is C36H23N3. The van der Waals surface area contributed by atoms with Crippen LogP contribution in [0.15, 0.2) is 140 Å². The van der Waals surface area contributed by atoms with Crippen molar-refractivity contribution >= 4 is 21.8 Å². The minimum atomic E-state index is 0.640. The lowest BCUT2D eigenvalue weighted by molar-refractivity contribution is 1.08. The molecule has 0 amide bonds. The fourth-order valence-electron chi connectivity index (χ4n) is 5.31. The van der Waals surface area contributed by atoms with E-state index >= 15 is 0 Å². The third-order valence-electron chi connectivity index (χ3n) is 7.25. The van der Waals surface area contributed by atoms with Gasteiger partial charge in [-0.05, 0) is 70.8 Å². The molecule has 182 valence electrons. The van der Waals surface area contributed by atoms with Gasteiger partial charge in [-0.1, -0.05) is 91.0 Å². The lowest BCUT2D eigenvalue weighted by Gasteiger charge is -2.10. The van der Waals surface area contributed by atoms with Crippen molar-refractivity contribution in [2.24, 2.45) is 0 Å². The van der Waals surface area contributed by atoms with Crippen LogP contribution in [0.25, 0.3) is 61.1 Å². The Kier molecular flexibility index (Phi) is 5.50. The van der Waals surface area contributed by atoms with Gasteiger partial charge in [0.15, 0.2) is 0 Å². The zero-order valence-electron chi connectivity index (χ0n) is 21.1. The first-order chi connectivity index (χ1) is 19.3. The maximum absolute atomic E-state index is 9.18. The van der Waals surface area contributed by atoms with E-state index in [2.05, 4.69) is 102 Å². The lowest BCUT2D eigenvalue weighted by Crippen LogP contribution is -1.98. The van der Waals surface area contributed by atoms with Crippen LogP contribution in [0.1, 0.15) is 5.56 Å². The van der Waals surface area contributed by atoms with Crippen LogP contribution in [0.4, 0.5) is 0 Å². The Hall–Kier alpha value is -5.46. The molecule has 39 heavy (non-hydrogen) atoms. The van der Waals surface area contributed by atoms with Crippen molar-refractivity contribution in [2.75, 3.05) is 0 Å². The summed E-state index contributed by atoms with van der Waals surface area (Å²) in [6.07, 6.45) is 0. The van der Waals surface area contributed by atoms with Crippen LogP contribution in [0.2, 0.25) is 0 Å².